The standard InChI is InChI=1S/C24H26BrClN4O4/c1-14-10-15(11-18(25)21(14)26)12-20(22(31)32)28-23(33)29-8-6-17(7-9-29)30-13-16-4-2-3-5-19(16)27-24(30)34/h2-5,10-11,17,20H,6-9,12-13H2,1H3,(H,27,34)(H,28,33)(H,31,32). The first-order chi connectivity index (χ1) is 16.2. The van der Waals surface area contributed by atoms with E-state index < -0.39 is 18.0 Å². The second-order valence-electron chi connectivity index (χ2n) is 8.69. The zero-order valence-corrected chi connectivity index (χ0v) is 21.0. The molecule has 10 heteroatoms. The highest BCUT2D eigenvalue weighted by atomic mass is 79.9. The van der Waals surface area contributed by atoms with Gasteiger partial charge in [-0.1, -0.05) is 35.9 Å². The zero-order valence-electron chi connectivity index (χ0n) is 18.7. The molecule has 0 aliphatic carbocycles. The first kappa shape index (κ1) is 24.3. The van der Waals surface area contributed by atoms with E-state index >= 15 is 0 Å². The number of likely N-dealkylation sites (tertiary alicyclic amines) is 1. The molecule has 0 radical (unpaired) electrons. The summed E-state index contributed by atoms with van der Waals surface area (Å²) in [5.41, 5.74) is 3.49. The zero-order chi connectivity index (χ0) is 24.4. The molecule has 2 aromatic carbocycles. The van der Waals surface area contributed by atoms with Gasteiger partial charge in [0.2, 0.25) is 0 Å². The second-order valence-corrected chi connectivity index (χ2v) is 9.92. The predicted octanol–water partition coefficient (Wildman–Crippen LogP) is 4.63. The number of hydrogen-bond acceptors (Lipinski definition) is 3. The van der Waals surface area contributed by atoms with Crippen LogP contribution < -0.4 is 10.6 Å². The number of carboxylic acids is 1. The summed E-state index contributed by atoms with van der Waals surface area (Å²) in [5, 5.41) is 15.8. The van der Waals surface area contributed by atoms with Crippen LogP contribution in [0, 0.1) is 6.92 Å². The molecule has 180 valence electrons. The Hall–Kier alpha value is -2.78. The largest absolute Gasteiger partial charge is 0.480 e. The lowest BCUT2D eigenvalue weighted by molar-refractivity contribution is -0.139. The number of fused-ring (bicyclic) bond motifs is 1. The molecular formula is C24H26BrClN4O4. The highest BCUT2D eigenvalue weighted by molar-refractivity contribution is 9.10. The number of para-hydroxylation sites is 1. The number of aliphatic carboxylic acids is 1. The van der Waals surface area contributed by atoms with Gasteiger partial charge in [-0.3, -0.25) is 0 Å². The molecule has 2 aliphatic rings. The molecule has 2 aromatic rings. The van der Waals surface area contributed by atoms with Crippen molar-refractivity contribution in [2.45, 2.75) is 44.8 Å². The predicted molar refractivity (Wildman–Crippen MR) is 133 cm³/mol. The minimum atomic E-state index is -1.10. The van der Waals surface area contributed by atoms with Gasteiger partial charge in [0.1, 0.15) is 6.04 Å². The third-order valence-corrected chi connectivity index (χ3v) is 7.71. The third kappa shape index (κ3) is 5.31. The van der Waals surface area contributed by atoms with Crippen molar-refractivity contribution < 1.29 is 19.5 Å². The fourth-order valence-corrected chi connectivity index (χ4v) is 5.21. The van der Waals surface area contributed by atoms with E-state index in [-0.39, 0.29) is 18.5 Å². The number of halogens is 2. The molecule has 1 atom stereocenters. The number of rotatable bonds is 5. The maximum atomic E-state index is 12.8. The van der Waals surface area contributed by atoms with Crippen LogP contribution in [0.5, 0.6) is 0 Å². The van der Waals surface area contributed by atoms with Gasteiger partial charge >= 0.3 is 18.0 Å². The van der Waals surface area contributed by atoms with Crippen molar-refractivity contribution in [3.8, 4) is 0 Å². The molecule has 0 spiro atoms. The number of carbonyl (C=O) groups excluding carboxylic acids is 2. The Bertz CT molecular complexity index is 1100. The molecule has 1 saturated heterocycles. The molecule has 34 heavy (non-hydrogen) atoms. The Balaban J connectivity index is 1.34. The summed E-state index contributed by atoms with van der Waals surface area (Å²) in [4.78, 5) is 40.7. The molecule has 8 nitrogen and oxygen atoms in total. The van der Waals surface area contributed by atoms with Crippen LogP contribution in [0.4, 0.5) is 15.3 Å². The summed E-state index contributed by atoms with van der Waals surface area (Å²) in [5.74, 6) is -1.10. The van der Waals surface area contributed by atoms with Crippen molar-refractivity contribution in [1.82, 2.24) is 15.1 Å². The molecule has 2 heterocycles. The minimum Gasteiger partial charge on any atom is -0.480 e. The second kappa shape index (κ2) is 10.2. The maximum Gasteiger partial charge on any atom is 0.326 e. The van der Waals surface area contributed by atoms with E-state index in [1.54, 1.807) is 11.0 Å². The topological polar surface area (TPSA) is 102 Å². The van der Waals surface area contributed by atoms with Gasteiger partial charge in [-0.2, -0.15) is 0 Å². The first-order valence-electron chi connectivity index (χ1n) is 11.1. The Morgan fingerprint density at radius 1 is 1.26 bits per heavy atom. The van der Waals surface area contributed by atoms with Crippen molar-refractivity contribution >= 4 is 51.2 Å². The smallest absolute Gasteiger partial charge is 0.326 e. The average molecular weight is 550 g/mol. The van der Waals surface area contributed by atoms with Crippen LogP contribution in [-0.2, 0) is 17.8 Å². The SMILES string of the molecule is Cc1cc(CC(NC(=O)N2CCC(N3Cc4ccccc4NC3=O)CC2)C(=O)O)cc(Br)c1Cl. The van der Waals surface area contributed by atoms with Gasteiger partial charge in [-0.25, -0.2) is 14.4 Å². The quantitative estimate of drug-likeness (QED) is 0.506. The van der Waals surface area contributed by atoms with Gasteiger partial charge < -0.3 is 25.5 Å². The van der Waals surface area contributed by atoms with E-state index in [1.807, 2.05) is 42.2 Å². The fraction of sp³-hybridized carbons (Fsp3) is 0.375. The van der Waals surface area contributed by atoms with Gasteiger partial charge in [0.05, 0.1) is 5.02 Å². The molecule has 2 aliphatic heterocycles. The van der Waals surface area contributed by atoms with E-state index in [0.29, 0.717) is 42.0 Å². The monoisotopic (exact) mass is 548 g/mol. The van der Waals surface area contributed by atoms with E-state index in [4.69, 9.17) is 11.6 Å². The van der Waals surface area contributed by atoms with Crippen molar-refractivity contribution in [2.75, 3.05) is 18.4 Å². The summed E-state index contributed by atoms with van der Waals surface area (Å²) < 4.78 is 0.686. The summed E-state index contributed by atoms with van der Waals surface area (Å²) in [7, 11) is 0. The van der Waals surface area contributed by atoms with Gasteiger partial charge in [-0.15, -0.1) is 0 Å². The maximum absolute atomic E-state index is 12.8. The number of nitrogens with zero attached hydrogens (tertiary/aromatic N) is 2. The summed E-state index contributed by atoms with van der Waals surface area (Å²) in [6.45, 7) is 3.27. The normalized spacial score (nSPS) is 17.1. The van der Waals surface area contributed by atoms with Crippen LogP contribution in [0.1, 0.15) is 29.5 Å². The average Bonchev–Trinajstić information content (AvgIpc) is 2.81. The fourth-order valence-electron chi connectivity index (χ4n) is 4.49. The molecule has 3 N–H and O–H groups in total. The first-order valence-corrected chi connectivity index (χ1v) is 12.3. The lowest BCUT2D eigenvalue weighted by Crippen LogP contribution is -2.54. The van der Waals surface area contributed by atoms with Crippen LogP contribution >= 0.6 is 27.5 Å². The Labute approximate surface area is 211 Å². The van der Waals surface area contributed by atoms with Crippen LogP contribution in [0.25, 0.3) is 0 Å². The van der Waals surface area contributed by atoms with Gasteiger partial charge in [0.15, 0.2) is 0 Å². The van der Waals surface area contributed by atoms with Crippen molar-refractivity contribution in [3.05, 3.63) is 62.6 Å². The van der Waals surface area contributed by atoms with Gasteiger partial charge in [0.25, 0.3) is 0 Å². The van der Waals surface area contributed by atoms with Crippen molar-refractivity contribution in [2.24, 2.45) is 0 Å². The molecule has 1 unspecified atom stereocenters. The van der Waals surface area contributed by atoms with E-state index in [9.17, 15) is 19.5 Å². The molecule has 0 aromatic heterocycles. The molecule has 0 bridgehead atoms. The number of aryl methyl sites for hydroxylation is 1. The summed E-state index contributed by atoms with van der Waals surface area (Å²) in [6.07, 6.45) is 1.40. The van der Waals surface area contributed by atoms with Gasteiger partial charge in [0, 0.05) is 42.3 Å². The Morgan fingerprint density at radius 3 is 2.65 bits per heavy atom. The lowest BCUT2D eigenvalue weighted by atomic mass is 10.0. The number of anilines is 1. The van der Waals surface area contributed by atoms with E-state index in [1.165, 1.54) is 0 Å². The number of hydrogen-bond donors (Lipinski definition) is 3. The van der Waals surface area contributed by atoms with Crippen LogP contribution in [0.2, 0.25) is 5.02 Å². The Kier molecular flexibility index (Phi) is 7.33. The van der Waals surface area contributed by atoms with Crippen molar-refractivity contribution in [1.29, 1.82) is 0 Å². The molecule has 4 amide bonds. The Morgan fingerprint density at radius 2 is 1.97 bits per heavy atom. The third-order valence-electron chi connectivity index (χ3n) is 6.36. The minimum absolute atomic E-state index is 0.0158. The molecular weight excluding hydrogens is 524 g/mol. The van der Waals surface area contributed by atoms with Crippen LogP contribution in [0.3, 0.4) is 0 Å². The molecule has 4 rings (SSSR count). The number of amides is 4. The summed E-state index contributed by atoms with van der Waals surface area (Å²) >= 11 is 9.55. The molecule has 0 saturated carbocycles. The number of benzene rings is 2. The lowest BCUT2D eigenvalue weighted by Gasteiger charge is -2.40. The number of carbonyl (C=O) groups is 3. The number of carboxylic acid groups (broad SMARTS) is 1. The van der Waals surface area contributed by atoms with E-state index in [2.05, 4.69) is 26.6 Å². The van der Waals surface area contributed by atoms with Crippen LogP contribution in [-0.4, -0.2) is 58.1 Å². The molecule has 1 fully saturated rings. The number of piperidine rings is 1. The van der Waals surface area contributed by atoms with E-state index in [0.717, 1.165) is 22.4 Å². The number of urea groups is 2. The summed E-state index contributed by atoms with van der Waals surface area (Å²) in [6, 6.07) is 9.73. The van der Waals surface area contributed by atoms with Crippen molar-refractivity contribution in [3.63, 3.8) is 0 Å². The highest BCUT2D eigenvalue weighted by Crippen LogP contribution is 2.29. The highest BCUT2D eigenvalue weighted by Gasteiger charge is 2.33. The number of nitrogens with one attached hydrogen (secondary N) is 2. The van der Waals surface area contributed by atoms with Crippen LogP contribution in [0.15, 0.2) is 40.9 Å². The van der Waals surface area contributed by atoms with Gasteiger partial charge in [-0.05, 0) is 64.5 Å².